The first-order valence-electron chi connectivity index (χ1n) is 6.19. The summed E-state index contributed by atoms with van der Waals surface area (Å²) in [6, 6.07) is 5.81. The summed E-state index contributed by atoms with van der Waals surface area (Å²) in [5.41, 5.74) is 2.00. The van der Waals surface area contributed by atoms with Crippen LogP contribution in [0.5, 0.6) is 0 Å². The largest absolute Gasteiger partial charge is 0.325 e. The Morgan fingerprint density at radius 3 is 2.68 bits per heavy atom. The van der Waals surface area contributed by atoms with E-state index >= 15 is 0 Å². The fourth-order valence-corrected chi connectivity index (χ4v) is 2.63. The van der Waals surface area contributed by atoms with Crippen LogP contribution in [0.2, 0.25) is 5.02 Å². The number of rotatable bonds is 4. The zero-order valence-corrected chi connectivity index (χ0v) is 13.9. The van der Waals surface area contributed by atoms with Gasteiger partial charge in [0.2, 0.25) is 0 Å². The molecule has 0 aliphatic rings. The van der Waals surface area contributed by atoms with Gasteiger partial charge in [-0.1, -0.05) is 11.6 Å². The van der Waals surface area contributed by atoms with E-state index in [4.69, 9.17) is 23.2 Å². The van der Waals surface area contributed by atoms with Gasteiger partial charge in [0.25, 0.3) is 0 Å². The van der Waals surface area contributed by atoms with E-state index in [2.05, 4.69) is 29.7 Å². The number of alkyl halides is 1. The molecule has 1 aromatic carbocycles. The molecule has 1 unspecified atom stereocenters. The molecule has 0 bridgehead atoms. The van der Waals surface area contributed by atoms with E-state index < -0.39 is 0 Å². The van der Waals surface area contributed by atoms with Crippen LogP contribution in [0.3, 0.4) is 0 Å². The van der Waals surface area contributed by atoms with Gasteiger partial charge in [0, 0.05) is 16.3 Å². The maximum Gasteiger partial charge on any atom is 0.127 e. The standard InChI is InChI=1S/C14H18Cl2N2S/c1-9(15)13-17-11-7-10(16)5-6-12(11)18(13)8-14(2,3)19-4/h5-7,9H,8H2,1-4H3. The average Bonchev–Trinajstić information content (AvgIpc) is 2.67. The second kappa shape index (κ2) is 5.55. The Bertz CT molecular complexity index is 590. The molecule has 0 aliphatic carbocycles. The van der Waals surface area contributed by atoms with E-state index in [-0.39, 0.29) is 10.1 Å². The minimum absolute atomic E-state index is 0.121. The lowest BCUT2D eigenvalue weighted by Crippen LogP contribution is -2.23. The molecule has 2 nitrogen and oxygen atoms in total. The van der Waals surface area contributed by atoms with Crippen molar-refractivity contribution in [1.82, 2.24) is 9.55 Å². The summed E-state index contributed by atoms with van der Waals surface area (Å²) in [4.78, 5) is 4.63. The van der Waals surface area contributed by atoms with Gasteiger partial charge in [-0.05, 0) is 45.2 Å². The molecule has 1 atom stereocenters. The van der Waals surface area contributed by atoms with Crippen LogP contribution in [-0.2, 0) is 6.54 Å². The quantitative estimate of drug-likeness (QED) is 0.727. The van der Waals surface area contributed by atoms with E-state index in [1.54, 1.807) is 0 Å². The highest BCUT2D eigenvalue weighted by Gasteiger charge is 2.22. The van der Waals surface area contributed by atoms with E-state index in [1.165, 1.54) is 0 Å². The van der Waals surface area contributed by atoms with Crippen molar-refractivity contribution in [1.29, 1.82) is 0 Å². The highest BCUT2D eigenvalue weighted by molar-refractivity contribution is 7.99. The zero-order valence-electron chi connectivity index (χ0n) is 11.6. The Labute approximate surface area is 128 Å². The number of hydrogen-bond acceptors (Lipinski definition) is 2. The fraction of sp³-hybridized carbons (Fsp3) is 0.500. The van der Waals surface area contributed by atoms with Gasteiger partial charge in [0.05, 0.1) is 16.4 Å². The normalized spacial score (nSPS) is 14.0. The molecular formula is C14H18Cl2N2S. The lowest BCUT2D eigenvalue weighted by atomic mass is 10.2. The average molecular weight is 317 g/mol. The summed E-state index contributed by atoms with van der Waals surface area (Å²) in [5.74, 6) is 0.904. The summed E-state index contributed by atoms with van der Waals surface area (Å²) in [7, 11) is 0. The third-order valence-corrected chi connectivity index (χ3v) is 4.85. The Morgan fingerprint density at radius 1 is 1.42 bits per heavy atom. The van der Waals surface area contributed by atoms with Crippen LogP contribution >= 0.6 is 35.0 Å². The van der Waals surface area contributed by atoms with Crippen LogP contribution in [0.25, 0.3) is 11.0 Å². The lowest BCUT2D eigenvalue weighted by molar-refractivity contribution is 0.559. The Hall–Kier alpha value is -0.380. The number of hydrogen-bond donors (Lipinski definition) is 0. The van der Waals surface area contributed by atoms with Crippen LogP contribution < -0.4 is 0 Å². The van der Waals surface area contributed by atoms with Crippen molar-refractivity contribution in [3.8, 4) is 0 Å². The maximum absolute atomic E-state index is 6.27. The molecule has 2 rings (SSSR count). The van der Waals surface area contributed by atoms with Crippen LogP contribution in [0.15, 0.2) is 18.2 Å². The number of benzene rings is 1. The molecule has 0 spiro atoms. The van der Waals surface area contributed by atoms with Crippen LogP contribution in [-0.4, -0.2) is 20.6 Å². The molecule has 5 heteroatoms. The third-order valence-electron chi connectivity index (χ3n) is 3.19. The molecule has 0 N–H and O–H groups in total. The number of halogens is 2. The summed E-state index contributed by atoms with van der Waals surface area (Å²) < 4.78 is 2.34. The molecule has 2 aromatic rings. The minimum Gasteiger partial charge on any atom is -0.325 e. The van der Waals surface area contributed by atoms with Gasteiger partial charge >= 0.3 is 0 Å². The molecule has 1 heterocycles. The van der Waals surface area contributed by atoms with E-state index in [9.17, 15) is 0 Å². The molecule has 0 fully saturated rings. The van der Waals surface area contributed by atoms with Crippen LogP contribution in [0.4, 0.5) is 0 Å². The van der Waals surface area contributed by atoms with Gasteiger partial charge < -0.3 is 4.57 Å². The zero-order chi connectivity index (χ0) is 14.2. The van der Waals surface area contributed by atoms with Gasteiger partial charge in [-0.3, -0.25) is 0 Å². The van der Waals surface area contributed by atoms with E-state index in [0.717, 1.165) is 23.4 Å². The lowest BCUT2D eigenvalue weighted by Gasteiger charge is -2.24. The van der Waals surface area contributed by atoms with Crippen molar-refractivity contribution >= 4 is 46.0 Å². The van der Waals surface area contributed by atoms with Crippen LogP contribution in [0.1, 0.15) is 32.0 Å². The minimum atomic E-state index is -0.121. The van der Waals surface area contributed by atoms with Crippen molar-refractivity contribution in [2.75, 3.05) is 6.26 Å². The van der Waals surface area contributed by atoms with Crippen molar-refractivity contribution in [2.24, 2.45) is 0 Å². The molecule has 0 amide bonds. The summed E-state index contributed by atoms with van der Waals surface area (Å²) >= 11 is 14.1. The molecule has 19 heavy (non-hydrogen) atoms. The van der Waals surface area contributed by atoms with E-state index in [0.29, 0.717) is 5.02 Å². The van der Waals surface area contributed by atoms with Gasteiger partial charge in [-0.25, -0.2) is 4.98 Å². The molecule has 1 aromatic heterocycles. The molecular weight excluding hydrogens is 299 g/mol. The fourth-order valence-electron chi connectivity index (χ4n) is 2.04. The molecule has 0 radical (unpaired) electrons. The SMILES string of the molecule is CSC(C)(C)Cn1c(C(C)Cl)nc2cc(Cl)ccc21. The maximum atomic E-state index is 6.27. The van der Waals surface area contributed by atoms with Crippen molar-refractivity contribution < 1.29 is 0 Å². The van der Waals surface area contributed by atoms with Gasteiger partial charge in [0.15, 0.2) is 0 Å². The summed E-state index contributed by atoms with van der Waals surface area (Å²) in [6.07, 6.45) is 2.12. The predicted octanol–water partition coefficient (Wildman–Crippen LogP) is 5.13. The summed E-state index contributed by atoms with van der Waals surface area (Å²) in [5, 5.41) is 0.582. The smallest absolute Gasteiger partial charge is 0.127 e. The first-order valence-corrected chi connectivity index (χ1v) is 8.23. The Balaban J connectivity index is 2.59. The first-order chi connectivity index (χ1) is 8.84. The predicted molar refractivity (Wildman–Crippen MR) is 86.6 cm³/mol. The van der Waals surface area contributed by atoms with Gasteiger partial charge in [-0.2, -0.15) is 11.8 Å². The Kier molecular flexibility index (Phi) is 4.38. The first kappa shape index (κ1) is 15.0. The monoisotopic (exact) mass is 316 g/mol. The molecule has 0 saturated heterocycles. The number of aromatic nitrogens is 2. The number of thioether (sulfide) groups is 1. The molecule has 104 valence electrons. The topological polar surface area (TPSA) is 17.8 Å². The third kappa shape index (κ3) is 3.21. The number of nitrogens with zero attached hydrogens (tertiary/aromatic N) is 2. The van der Waals surface area contributed by atoms with Crippen molar-refractivity contribution in [2.45, 2.75) is 37.4 Å². The van der Waals surface area contributed by atoms with Crippen molar-refractivity contribution in [3.05, 3.63) is 29.0 Å². The van der Waals surface area contributed by atoms with E-state index in [1.807, 2.05) is 36.9 Å². The van der Waals surface area contributed by atoms with Crippen molar-refractivity contribution in [3.63, 3.8) is 0 Å². The molecule has 0 aliphatic heterocycles. The second-order valence-electron chi connectivity index (χ2n) is 5.27. The highest BCUT2D eigenvalue weighted by Crippen LogP contribution is 2.31. The Morgan fingerprint density at radius 2 is 2.11 bits per heavy atom. The number of imidazole rings is 1. The van der Waals surface area contributed by atoms with Crippen LogP contribution in [0, 0.1) is 0 Å². The highest BCUT2D eigenvalue weighted by atomic mass is 35.5. The van der Waals surface area contributed by atoms with Gasteiger partial charge in [0.1, 0.15) is 5.82 Å². The number of fused-ring (bicyclic) bond motifs is 1. The second-order valence-corrected chi connectivity index (χ2v) is 7.87. The molecule has 0 saturated carbocycles. The summed E-state index contributed by atoms with van der Waals surface area (Å²) in [6.45, 7) is 7.27. The van der Waals surface area contributed by atoms with Gasteiger partial charge in [-0.15, -0.1) is 11.6 Å².